The highest BCUT2D eigenvalue weighted by Crippen LogP contribution is 2.31. The molecule has 0 bridgehead atoms. The van der Waals surface area contributed by atoms with Gasteiger partial charge in [0, 0.05) is 0 Å². The van der Waals surface area contributed by atoms with E-state index in [1.807, 2.05) is 6.92 Å². The maximum Gasteiger partial charge on any atom is 0.416 e. The van der Waals surface area contributed by atoms with Crippen molar-refractivity contribution in [2.45, 2.75) is 25.6 Å². The van der Waals surface area contributed by atoms with Crippen LogP contribution in [0.15, 0.2) is 48.5 Å². The number of aliphatic hydroxyl groups excluding tert-OH is 1. The molecule has 0 spiro atoms. The molecule has 2 aromatic carbocycles. The Morgan fingerprint density at radius 3 is 1.75 bits per heavy atom. The van der Waals surface area contributed by atoms with Crippen molar-refractivity contribution in [2.24, 2.45) is 0 Å². The Kier molecular flexibility index (Phi) is 4.14. The van der Waals surface area contributed by atoms with Crippen molar-refractivity contribution in [1.29, 1.82) is 0 Å². The molecule has 1 atom stereocenters. The fourth-order valence-corrected chi connectivity index (χ4v) is 1.99. The van der Waals surface area contributed by atoms with Crippen LogP contribution in [-0.2, 0) is 6.18 Å². The Hall–Kier alpha value is -1.81. The van der Waals surface area contributed by atoms with E-state index in [0.29, 0.717) is 6.42 Å². The molecule has 0 fully saturated rings. The lowest BCUT2D eigenvalue weighted by Gasteiger charge is -2.10. The first-order valence-corrected chi connectivity index (χ1v) is 6.37. The number of rotatable bonds is 3. The van der Waals surface area contributed by atoms with Crippen molar-refractivity contribution in [1.82, 2.24) is 0 Å². The summed E-state index contributed by atoms with van der Waals surface area (Å²) in [6.45, 7) is 1.88. The molecule has 20 heavy (non-hydrogen) atoms. The normalized spacial score (nSPS) is 13.2. The van der Waals surface area contributed by atoms with Gasteiger partial charge in [-0.3, -0.25) is 0 Å². The van der Waals surface area contributed by atoms with E-state index in [4.69, 9.17) is 0 Å². The van der Waals surface area contributed by atoms with Gasteiger partial charge in [0.15, 0.2) is 0 Å². The lowest BCUT2D eigenvalue weighted by Crippen LogP contribution is -2.03. The van der Waals surface area contributed by atoms with Crippen molar-refractivity contribution >= 4 is 0 Å². The summed E-state index contributed by atoms with van der Waals surface area (Å²) < 4.78 is 37.4. The van der Waals surface area contributed by atoms with Gasteiger partial charge in [0.05, 0.1) is 11.7 Å². The van der Waals surface area contributed by atoms with Crippen LogP contribution in [0.3, 0.4) is 0 Å². The Labute approximate surface area is 115 Å². The molecule has 0 aliphatic carbocycles. The standard InChI is InChI=1S/C16H15F3O/c1-2-15(20)13-5-3-11(4-6-13)12-7-9-14(10-8-12)16(17,18)19/h3-10,15,20H,2H2,1H3/t15-/m0/s1. The number of halogens is 3. The van der Waals surface area contributed by atoms with Crippen LogP contribution in [0.5, 0.6) is 0 Å². The van der Waals surface area contributed by atoms with Crippen LogP contribution in [0.25, 0.3) is 11.1 Å². The number of hydrogen-bond acceptors (Lipinski definition) is 1. The summed E-state index contributed by atoms with van der Waals surface area (Å²) in [6.07, 6.45) is -4.19. The van der Waals surface area contributed by atoms with Gasteiger partial charge in [-0.05, 0) is 35.2 Å². The van der Waals surface area contributed by atoms with Gasteiger partial charge in [0.25, 0.3) is 0 Å². The maximum atomic E-state index is 12.5. The molecule has 2 aromatic rings. The van der Waals surface area contributed by atoms with E-state index in [9.17, 15) is 18.3 Å². The predicted molar refractivity (Wildman–Crippen MR) is 72.1 cm³/mol. The summed E-state index contributed by atoms with van der Waals surface area (Å²) in [6, 6.07) is 12.2. The number of benzene rings is 2. The minimum atomic E-state index is -4.31. The van der Waals surface area contributed by atoms with Crippen LogP contribution in [-0.4, -0.2) is 5.11 Å². The van der Waals surface area contributed by atoms with Gasteiger partial charge in [-0.2, -0.15) is 13.2 Å². The molecule has 2 rings (SSSR count). The van der Waals surface area contributed by atoms with E-state index in [1.54, 1.807) is 24.3 Å². The average molecular weight is 280 g/mol. The minimum Gasteiger partial charge on any atom is -0.388 e. The van der Waals surface area contributed by atoms with Gasteiger partial charge in [-0.15, -0.1) is 0 Å². The van der Waals surface area contributed by atoms with E-state index in [1.165, 1.54) is 12.1 Å². The zero-order valence-corrected chi connectivity index (χ0v) is 11.0. The predicted octanol–water partition coefficient (Wildman–Crippen LogP) is 4.82. The lowest BCUT2D eigenvalue weighted by molar-refractivity contribution is -0.137. The Morgan fingerprint density at radius 2 is 1.35 bits per heavy atom. The summed E-state index contributed by atoms with van der Waals surface area (Å²) in [5.74, 6) is 0. The Morgan fingerprint density at radius 1 is 0.900 bits per heavy atom. The number of hydrogen-bond donors (Lipinski definition) is 1. The lowest BCUT2D eigenvalue weighted by atomic mass is 10.00. The summed E-state index contributed by atoms with van der Waals surface area (Å²) in [5, 5.41) is 9.69. The first-order valence-electron chi connectivity index (χ1n) is 6.37. The Balaban J connectivity index is 2.24. The first kappa shape index (κ1) is 14.6. The molecule has 4 heteroatoms. The third-order valence-electron chi connectivity index (χ3n) is 3.23. The van der Waals surface area contributed by atoms with Crippen LogP contribution < -0.4 is 0 Å². The molecule has 1 N–H and O–H groups in total. The molecule has 0 saturated carbocycles. The fourth-order valence-electron chi connectivity index (χ4n) is 1.99. The smallest absolute Gasteiger partial charge is 0.388 e. The second-order valence-corrected chi connectivity index (χ2v) is 4.62. The molecule has 0 aliphatic rings. The molecule has 0 amide bonds. The third kappa shape index (κ3) is 3.20. The quantitative estimate of drug-likeness (QED) is 0.855. The summed E-state index contributed by atoms with van der Waals surface area (Å²) in [7, 11) is 0. The zero-order chi connectivity index (χ0) is 14.8. The van der Waals surface area contributed by atoms with Crippen molar-refractivity contribution in [2.75, 3.05) is 0 Å². The highest BCUT2D eigenvalue weighted by molar-refractivity contribution is 5.64. The molecule has 0 aromatic heterocycles. The molecule has 0 aliphatic heterocycles. The van der Waals surface area contributed by atoms with E-state index < -0.39 is 17.8 Å². The van der Waals surface area contributed by atoms with Gasteiger partial charge in [-0.25, -0.2) is 0 Å². The van der Waals surface area contributed by atoms with Gasteiger partial charge in [-0.1, -0.05) is 43.3 Å². The zero-order valence-electron chi connectivity index (χ0n) is 11.0. The molecule has 1 nitrogen and oxygen atoms in total. The van der Waals surface area contributed by atoms with Gasteiger partial charge >= 0.3 is 6.18 Å². The second-order valence-electron chi connectivity index (χ2n) is 4.62. The third-order valence-corrected chi connectivity index (χ3v) is 3.23. The van der Waals surface area contributed by atoms with Crippen LogP contribution in [0.4, 0.5) is 13.2 Å². The molecule has 0 radical (unpaired) electrons. The fraction of sp³-hybridized carbons (Fsp3) is 0.250. The van der Waals surface area contributed by atoms with E-state index in [-0.39, 0.29) is 0 Å². The van der Waals surface area contributed by atoms with Gasteiger partial charge in [0.1, 0.15) is 0 Å². The second kappa shape index (κ2) is 5.67. The molecular weight excluding hydrogens is 265 g/mol. The molecule has 106 valence electrons. The summed E-state index contributed by atoms with van der Waals surface area (Å²) >= 11 is 0. The Bertz CT molecular complexity index is 556. The van der Waals surface area contributed by atoms with Crippen molar-refractivity contribution in [3.05, 3.63) is 59.7 Å². The topological polar surface area (TPSA) is 20.2 Å². The number of alkyl halides is 3. The summed E-state index contributed by atoms with van der Waals surface area (Å²) in [5.41, 5.74) is 1.70. The minimum absolute atomic E-state index is 0.503. The molecule has 0 heterocycles. The summed E-state index contributed by atoms with van der Waals surface area (Å²) in [4.78, 5) is 0. The van der Waals surface area contributed by atoms with Crippen LogP contribution >= 0.6 is 0 Å². The largest absolute Gasteiger partial charge is 0.416 e. The highest BCUT2D eigenvalue weighted by Gasteiger charge is 2.29. The van der Waals surface area contributed by atoms with Crippen molar-refractivity contribution in [3.8, 4) is 11.1 Å². The first-order chi connectivity index (χ1) is 9.41. The molecule has 0 saturated heterocycles. The van der Waals surface area contributed by atoms with Crippen LogP contribution in [0.1, 0.15) is 30.6 Å². The van der Waals surface area contributed by atoms with E-state index >= 15 is 0 Å². The SMILES string of the molecule is CC[C@H](O)c1ccc(-c2ccc(C(F)(F)F)cc2)cc1. The van der Waals surface area contributed by atoms with Gasteiger partial charge < -0.3 is 5.11 Å². The van der Waals surface area contributed by atoms with E-state index in [0.717, 1.165) is 28.8 Å². The maximum absolute atomic E-state index is 12.5. The number of aliphatic hydroxyl groups is 1. The molecule has 0 unspecified atom stereocenters. The monoisotopic (exact) mass is 280 g/mol. The van der Waals surface area contributed by atoms with Crippen molar-refractivity contribution < 1.29 is 18.3 Å². The molecular formula is C16H15F3O. The van der Waals surface area contributed by atoms with Crippen LogP contribution in [0, 0.1) is 0 Å². The van der Waals surface area contributed by atoms with Crippen molar-refractivity contribution in [3.63, 3.8) is 0 Å². The van der Waals surface area contributed by atoms with E-state index in [2.05, 4.69) is 0 Å². The highest BCUT2D eigenvalue weighted by atomic mass is 19.4. The average Bonchev–Trinajstić information content (AvgIpc) is 2.46. The van der Waals surface area contributed by atoms with Crippen LogP contribution in [0.2, 0.25) is 0 Å². The van der Waals surface area contributed by atoms with Gasteiger partial charge in [0.2, 0.25) is 0 Å².